The van der Waals surface area contributed by atoms with E-state index in [1.165, 1.54) is 64.2 Å². The van der Waals surface area contributed by atoms with Gasteiger partial charge in [-0.2, -0.15) is 0 Å². The van der Waals surface area contributed by atoms with Gasteiger partial charge in [0, 0.05) is 19.6 Å². The number of carboxylic acids is 1. The number of unbranched alkanes of at least 4 members (excludes halogenated alkanes) is 10. The highest BCUT2D eigenvalue weighted by atomic mass is 16.5. The van der Waals surface area contributed by atoms with E-state index in [1.807, 2.05) is 0 Å². The average molecular weight is 414 g/mol. The Morgan fingerprint density at radius 3 is 1.72 bits per heavy atom. The van der Waals surface area contributed by atoms with Gasteiger partial charge in [0.15, 0.2) is 0 Å². The first-order valence-electron chi connectivity index (χ1n) is 11.7. The predicted molar refractivity (Wildman–Crippen MR) is 122 cm³/mol. The van der Waals surface area contributed by atoms with Crippen molar-refractivity contribution in [1.29, 1.82) is 5.41 Å². The van der Waals surface area contributed by atoms with Gasteiger partial charge in [0.05, 0.1) is 6.10 Å². The van der Waals surface area contributed by atoms with E-state index in [9.17, 15) is 9.90 Å². The van der Waals surface area contributed by atoms with Crippen LogP contribution in [0.5, 0.6) is 0 Å². The SMILES string of the molecule is C1CCOC1.C=C=N.CCCCCCC(O)CCCCCCCCCCC(=O)O. The second-order valence-corrected chi connectivity index (χ2v) is 7.76. The zero-order valence-corrected chi connectivity index (χ0v) is 18.9. The van der Waals surface area contributed by atoms with Gasteiger partial charge in [0.2, 0.25) is 0 Å². The summed E-state index contributed by atoms with van der Waals surface area (Å²) in [5.74, 6) is 1.07. The number of carboxylic acid groups (broad SMARTS) is 1. The third-order valence-corrected chi connectivity index (χ3v) is 4.90. The Balaban J connectivity index is 0. The second-order valence-electron chi connectivity index (χ2n) is 7.76. The number of nitrogens with one attached hydrogen (secondary N) is 1. The minimum Gasteiger partial charge on any atom is -0.481 e. The molecule has 0 aromatic rings. The van der Waals surface area contributed by atoms with Crippen molar-refractivity contribution >= 4 is 11.8 Å². The molecule has 1 aliphatic heterocycles. The van der Waals surface area contributed by atoms with Gasteiger partial charge < -0.3 is 14.9 Å². The molecule has 1 saturated heterocycles. The fraction of sp³-hybridized carbons (Fsp3) is 0.875. The molecule has 0 amide bonds. The summed E-state index contributed by atoms with van der Waals surface area (Å²) in [7, 11) is 0. The molecule has 29 heavy (non-hydrogen) atoms. The van der Waals surface area contributed by atoms with Crippen molar-refractivity contribution in [2.45, 2.75) is 122 Å². The molecular weight excluding hydrogens is 366 g/mol. The summed E-state index contributed by atoms with van der Waals surface area (Å²) in [5, 5.41) is 24.2. The van der Waals surface area contributed by atoms with E-state index in [0.29, 0.717) is 6.42 Å². The molecule has 0 radical (unpaired) electrons. The van der Waals surface area contributed by atoms with E-state index in [1.54, 1.807) is 5.87 Å². The molecule has 3 N–H and O–H groups in total. The van der Waals surface area contributed by atoms with E-state index in [4.69, 9.17) is 15.3 Å². The maximum absolute atomic E-state index is 10.3. The van der Waals surface area contributed by atoms with Crippen molar-refractivity contribution in [2.24, 2.45) is 0 Å². The van der Waals surface area contributed by atoms with Gasteiger partial charge >= 0.3 is 5.97 Å². The Hall–Kier alpha value is -1.16. The van der Waals surface area contributed by atoms with E-state index in [2.05, 4.69) is 13.5 Å². The fourth-order valence-electron chi connectivity index (χ4n) is 3.18. The number of carbonyl (C=O) groups is 1. The zero-order chi connectivity index (χ0) is 22.0. The number of ether oxygens (including phenoxy) is 1. The topological polar surface area (TPSA) is 90.6 Å². The molecule has 1 fully saturated rings. The predicted octanol–water partition coefficient (Wildman–Crippen LogP) is 6.52. The fourth-order valence-corrected chi connectivity index (χ4v) is 3.18. The second kappa shape index (κ2) is 26.8. The van der Waals surface area contributed by atoms with Crippen LogP contribution in [-0.2, 0) is 9.53 Å². The van der Waals surface area contributed by atoms with Gasteiger partial charge in [-0.05, 0) is 44.6 Å². The first kappa shape index (κ1) is 30.0. The van der Waals surface area contributed by atoms with E-state index in [0.717, 1.165) is 51.7 Å². The van der Waals surface area contributed by atoms with Gasteiger partial charge in [-0.3, -0.25) is 10.2 Å². The van der Waals surface area contributed by atoms with Crippen LogP contribution < -0.4 is 0 Å². The quantitative estimate of drug-likeness (QED) is 0.198. The molecule has 0 aromatic heterocycles. The largest absolute Gasteiger partial charge is 0.481 e. The van der Waals surface area contributed by atoms with Crippen LogP contribution in [0.15, 0.2) is 6.58 Å². The van der Waals surface area contributed by atoms with Crippen LogP contribution in [0.2, 0.25) is 0 Å². The first-order valence-corrected chi connectivity index (χ1v) is 11.7. The van der Waals surface area contributed by atoms with Crippen LogP contribution in [0.25, 0.3) is 0 Å². The van der Waals surface area contributed by atoms with Crippen molar-refractivity contribution < 1.29 is 19.7 Å². The maximum Gasteiger partial charge on any atom is 0.303 e. The molecule has 1 heterocycles. The molecule has 172 valence electrons. The molecule has 1 aliphatic rings. The Morgan fingerprint density at radius 1 is 0.931 bits per heavy atom. The Morgan fingerprint density at radius 2 is 1.34 bits per heavy atom. The maximum atomic E-state index is 10.3. The lowest BCUT2D eigenvalue weighted by Crippen LogP contribution is -2.05. The minimum absolute atomic E-state index is 0.0853. The lowest BCUT2D eigenvalue weighted by molar-refractivity contribution is -0.137. The number of aliphatic hydroxyl groups is 1. The molecule has 1 rings (SSSR count). The third kappa shape index (κ3) is 31.7. The van der Waals surface area contributed by atoms with Crippen molar-refractivity contribution in [3.05, 3.63) is 6.58 Å². The van der Waals surface area contributed by atoms with Crippen LogP contribution >= 0.6 is 0 Å². The molecule has 1 unspecified atom stereocenters. The summed E-state index contributed by atoms with van der Waals surface area (Å²) < 4.78 is 4.94. The van der Waals surface area contributed by atoms with Crippen LogP contribution in [0, 0.1) is 5.41 Å². The highest BCUT2D eigenvalue weighted by Crippen LogP contribution is 2.14. The Bertz CT molecular complexity index is 356. The highest BCUT2D eigenvalue weighted by Gasteiger charge is 2.03. The van der Waals surface area contributed by atoms with E-state index < -0.39 is 5.97 Å². The van der Waals surface area contributed by atoms with Crippen LogP contribution in [0.4, 0.5) is 0 Å². The summed E-state index contributed by atoms with van der Waals surface area (Å²) in [6.45, 7) is 7.11. The lowest BCUT2D eigenvalue weighted by Gasteiger charge is -2.10. The molecule has 0 saturated carbocycles. The first-order chi connectivity index (χ1) is 14.1. The molecule has 0 spiro atoms. The monoisotopic (exact) mass is 413 g/mol. The molecular formula is C24H47NO4. The van der Waals surface area contributed by atoms with Gasteiger partial charge in [0.25, 0.3) is 0 Å². The van der Waals surface area contributed by atoms with Gasteiger partial charge in [-0.15, -0.1) is 0 Å². The number of aliphatic carboxylic acids is 1. The summed E-state index contributed by atoms with van der Waals surface area (Å²) in [6, 6.07) is 0. The van der Waals surface area contributed by atoms with Crippen LogP contribution in [0.1, 0.15) is 116 Å². The Labute approximate surface area is 179 Å². The van der Waals surface area contributed by atoms with Gasteiger partial charge in [0.1, 0.15) is 0 Å². The molecule has 5 nitrogen and oxygen atoms in total. The lowest BCUT2D eigenvalue weighted by atomic mass is 10.0. The Kier molecular flexibility index (Phi) is 27.8. The van der Waals surface area contributed by atoms with E-state index >= 15 is 0 Å². The van der Waals surface area contributed by atoms with E-state index in [-0.39, 0.29) is 6.10 Å². The summed E-state index contributed by atoms with van der Waals surface area (Å²) in [4.78, 5) is 10.3. The van der Waals surface area contributed by atoms with Crippen molar-refractivity contribution in [1.82, 2.24) is 0 Å². The van der Waals surface area contributed by atoms with Crippen molar-refractivity contribution in [2.75, 3.05) is 13.2 Å². The number of hydrogen-bond donors (Lipinski definition) is 3. The van der Waals surface area contributed by atoms with Crippen LogP contribution in [0.3, 0.4) is 0 Å². The number of aliphatic hydroxyl groups excluding tert-OH is 1. The normalized spacial score (nSPS) is 13.4. The minimum atomic E-state index is -0.678. The van der Waals surface area contributed by atoms with Crippen LogP contribution in [-0.4, -0.2) is 41.4 Å². The van der Waals surface area contributed by atoms with Gasteiger partial charge in [-0.25, -0.2) is 0 Å². The molecule has 0 bridgehead atoms. The van der Waals surface area contributed by atoms with Gasteiger partial charge in [-0.1, -0.05) is 77.6 Å². The third-order valence-electron chi connectivity index (χ3n) is 4.90. The smallest absolute Gasteiger partial charge is 0.303 e. The average Bonchev–Trinajstić information content (AvgIpc) is 3.27. The summed E-state index contributed by atoms with van der Waals surface area (Å²) in [6.07, 6.45) is 18.8. The molecule has 1 atom stereocenters. The number of rotatable bonds is 16. The highest BCUT2D eigenvalue weighted by molar-refractivity contribution is 5.66. The molecule has 0 aromatic carbocycles. The van der Waals surface area contributed by atoms with Crippen molar-refractivity contribution in [3.8, 4) is 0 Å². The summed E-state index contributed by atoms with van der Waals surface area (Å²) >= 11 is 0. The number of hydrogen-bond acceptors (Lipinski definition) is 4. The standard InChI is InChI=1S/C18H36O3.C4H8O.C2H3N/c1-2-3-4-11-14-17(19)15-12-9-7-5-6-8-10-13-16-18(20)21;1-2-4-5-3-1;1-2-3/h17,19H,2-16H2,1H3,(H,20,21);1-4H2;3H,1H2. The summed E-state index contributed by atoms with van der Waals surface area (Å²) in [5.41, 5.74) is 0. The molecule has 0 aliphatic carbocycles. The van der Waals surface area contributed by atoms with Crippen molar-refractivity contribution in [3.63, 3.8) is 0 Å². The zero-order valence-electron chi connectivity index (χ0n) is 18.9. The molecule has 5 heteroatoms.